The molecule has 0 saturated heterocycles. The zero-order chi connectivity index (χ0) is 17.7. The summed E-state index contributed by atoms with van der Waals surface area (Å²) in [6, 6.07) is 6.59. The summed E-state index contributed by atoms with van der Waals surface area (Å²) in [7, 11) is 8.35. The van der Waals surface area contributed by atoms with Gasteiger partial charge in [-0.15, -0.1) is 0 Å². The quantitative estimate of drug-likeness (QED) is 0.869. The number of rotatable bonds is 3. The fourth-order valence-electron chi connectivity index (χ4n) is 4.49. The van der Waals surface area contributed by atoms with Crippen molar-refractivity contribution in [2.75, 3.05) is 26.7 Å². The minimum Gasteiger partial charge on any atom is -0.368 e. The molecule has 4 rings (SSSR count). The van der Waals surface area contributed by atoms with Crippen molar-refractivity contribution in [1.29, 1.82) is 0 Å². The van der Waals surface area contributed by atoms with Gasteiger partial charge in [-0.3, -0.25) is 9.69 Å². The Hall–Kier alpha value is -2.01. The normalized spacial score (nSPS) is 22.6. The third-order valence-electron chi connectivity index (χ3n) is 5.82. The van der Waals surface area contributed by atoms with Crippen LogP contribution in [0.3, 0.4) is 0 Å². The first-order chi connectivity index (χ1) is 12.0. The lowest BCUT2D eigenvalue weighted by molar-refractivity contribution is -0.134. The van der Waals surface area contributed by atoms with Gasteiger partial charge in [-0.05, 0) is 55.7 Å². The average molecular weight is 333 g/mol. The van der Waals surface area contributed by atoms with E-state index in [1.807, 2.05) is 18.7 Å². The van der Waals surface area contributed by atoms with Crippen molar-refractivity contribution in [2.45, 2.75) is 26.3 Å². The number of amides is 1. The first-order valence-electron chi connectivity index (χ1n) is 9.15. The Morgan fingerprint density at radius 1 is 1.36 bits per heavy atom. The molecule has 0 saturated carbocycles. The first kappa shape index (κ1) is 16.5. The molecule has 0 spiro atoms. The van der Waals surface area contributed by atoms with Crippen LogP contribution in [0.1, 0.15) is 25.0 Å². The standard InChI is InChI=1S/C20H24BN3O/c1-4-24(5-2)20(25)12-9-14-13-7-6-8-16-18(13)15(19(21)22-16)10-17(14)23(3)11-12/h6-9,12,17,22H,4-5,10-11H2,1-3H3/t12?,17-/m0/s1. The third-order valence-corrected chi connectivity index (χ3v) is 5.82. The molecule has 0 bridgehead atoms. The van der Waals surface area contributed by atoms with Gasteiger partial charge >= 0.3 is 0 Å². The minimum atomic E-state index is -0.0794. The molecule has 1 amide bonds. The van der Waals surface area contributed by atoms with E-state index in [0.717, 1.165) is 37.2 Å². The van der Waals surface area contributed by atoms with Gasteiger partial charge in [0, 0.05) is 36.6 Å². The van der Waals surface area contributed by atoms with Crippen molar-refractivity contribution in [3.63, 3.8) is 0 Å². The van der Waals surface area contributed by atoms with Crippen LogP contribution in [0.2, 0.25) is 0 Å². The predicted molar refractivity (Wildman–Crippen MR) is 103 cm³/mol. The first-order valence-corrected chi connectivity index (χ1v) is 9.15. The van der Waals surface area contributed by atoms with E-state index in [2.05, 4.69) is 41.2 Å². The SMILES string of the molecule is [B]c1[nH]c2cccc3c2c1C[C@H]1C3=CC(C(=O)N(CC)CC)CN1C. The van der Waals surface area contributed by atoms with Gasteiger partial charge in [-0.2, -0.15) is 0 Å². The lowest BCUT2D eigenvalue weighted by atomic mass is 9.77. The summed E-state index contributed by atoms with van der Waals surface area (Å²) in [4.78, 5) is 20.5. The summed E-state index contributed by atoms with van der Waals surface area (Å²) >= 11 is 0. The van der Waals surface area contributed by atoms with Gasteiger partial charge in [0.25, 0.3) is 0 Å². The fraction of sp³-hybridized carbons (Fsp3) is 0.450. The maximum atomic E-state index is 12.9. The highest BCUT2D eigenvalue weighted by Crippen LogP contribution is 2.40. The Balaban J connectivity index is 1.83. The largest absolute Gasteiger partial charge is 0.368 e. The molecule has 1 N–H and O–H groups in total. The van der Waals surface area contributed by atoms with E-state index in [-0.39, 0.29) is 17.9 Å². The van der Waals surface area contributed by atoms with Crippen LogP contribution in [0.15, 0.2) is 24.3 Å². The second-order valence-corrected chi connectivity index (χ2v) is 7.14. The molecule has 25 heavy (non-hydrogen) atoms. The molecule has 2 radical (unpaired) electrons. The number of hydrogen-bond donors (Lipinski definition) is 1. The summed E-state index contributed by atoms with van der Waals surface area (Å²) in [6.07, 6.45) is 3.11. The summed E-state index contributed by atoms with van der Waals surface area (Å²) in [5.41, 5.74) is 5.57. The number of carbonyl (C=O) groups is 1. The van der Waals surface area contributed by atoms with Crippen LogP contribution in [0, 0.1) is 5.92 Å². The molecule has 5 heteroatoms. The minimum absolute atomic E-state index is 0.0794. The third kappa shape index (κ3) is 2.44. The molecule has 1 aliphatic heterocycles. The Morgan fingerprint density at radius 3 is 2.84 bits per heavy atom. The molecule has 2 aliphatic rings. The van der Waals surface area contributed by atoms with E-state index < -0.39 is 0 Å². The smallest absolute Gasteiger partial charge is 0.230 e. The van der Waals surface area contributed by atoms with Crippen LogP contribution in [0.4, 0.5) is 0 Å². The highest BCUT2D eigenvalue weighted by atomic mass is 16.2. The van der Waals surface area contributed by atoms with Gasteiger partial charge in [-0.1, -0.05) is 18.2 Å². The molecule has 4 nitrogen and oxygen atoms in total. The predicted octanol–water partition coefficient (Wildman–Crippen LogP) is 1.70. The number of likely N-dealkylation sites (N-methyl/N-ethyl adjacent to an activating group) is 1. The highest BCUT2D eigenvalue weighted by molar-refractivity contribution is 6.34. The Bertz CT molecular complexity index is 865. The molecule has 2 heterocycles. The van der Waals surface area contributed by atoms with Crippen molar-refractivity contribution in [2.24, 2.45) is 5.92 Å². The van der Waals surface area contributed by atoms with Gasteiger partial charge in [0.15, 0.2) is 0 Å². The number of fused-ring (bicyclic) bond motifs is 2. The summed E-state index contributed by atoms with van der Waals surface area (Å²) < 4.78 is 0. The van der Waals surface area contributed by atoms with E-state index >= 15 is 0 Å². The summed E-state index contributed by atoms with van der Waals surface area (Å²) in [5.74, 6) is 0.151. The van der Waals surface area contributed by atoms with Crippen LogP contribution in [-0.2, 0) is 11.2 Å². The van der Waals surface area contributed by atoms with Gasteiger partial charge in [0.2, 0.25) is 5.91 Å². The van der Waals surface area contributed by atoms with E-state index in [4.69, 9.17) is 7.85 Å². The van der Waals surface area contributed by atoms with Crippen molar-refractivity contribution in [3.8, 4) is 0 Å². The number of nitrogens with zero attached hydrogens (tertiary/aromatic N) is 2. The van der Waals surface area contributed by atoms with Gasteiger partial charge < -0.3 is 9.88 Å². The summed E-state index contributed by atoms with van der Waals surface area (Å²) in [6.45, 7) is 6.37. The number of carbonyl (C=O) groups excluding carboxylic acids is 1. The van der Waals surface area contributed by atoms with E-state index in [1.165, 1.54) is 22.1 Å². The fourth-order valence-corrected chi connectivity index (χ4v) is 4.49. The van der Waals surface area contributed by atoms with Crippen LogP contribution < -0.4 is 5.59 Å². The zero-order valence-corrected chi connectivity index (χ0v) is 15.2. The topological polar surface area (TPSA) is 39.3 Å². The monoisotopic (exact) mass is 333 g/mol. The number of H-pyrrole nitrogens is 1. The zero-order valence-electron chi connectivity index (χ0n) is 15.2. The molecule has 0 fully saturated rings. The van der Waals surface area contributed by atoms with Crippen LogP contribution in [-0.4, -0.2) is 61.3 Å². The lowest BCUT2D eigenvalue weighted by Gasteiger charge is -2.40. The Labute approximate surface area is 150 Å². The molecule has 128 valence electrons. The second kappa shape index (κ2) is 6.06. The number of aromatic nitrogens is 1. The maximum Gasteiger partial charge on any atom is 0.230 e. The van der Waals surface area contributed by atoms with Crippen molar-refractivity contribution in [1.82, 2.24) is 14.8 Å². The van der Waals surface area contributed by atoms with Gasteiger partial charge in [-0.25, -0.2) is 0 Å². The number of hydrogen-bond acceptors (Lipinski definition) is 2. The molecule has 2 aromatic rings. The maximum absolute atomic E-state index is 12.9. The molecule has 2 atom stereocenters. The van der Waals surface area contributed by atoms with Crippen molar-refractivity contribution >= 4 is 35.8 Å². The number of nitrogens with one attached hydrogen (secondary N) is 1. The molecular weight excluding hydrogens is 309 g/mol. The van der Waals surface area contributed by atoms with Crippen LogP contribution >= 0.6 is 0 Å². The second-order valence-electron chi connectivity index (χ2n) is 7.14. The number of benzene rings is 1. The van der Waals surface area contributed by atoms with E-state index in [9.17, 15) is 4.79 Å². The summed E-state index contributed by atoms with van der Waals surface area (Å²) in [5, 5.41) is 1.23. The Kier molecular flexibility index (Phi) is 3.99. The molecule has 1 aliphatic carbocycles. The Morgan fingerprint density at radius 2 is 2.12 bits per heavy atom. The van der Waals surface area contributed by atoms with E-state index in [1.54, 1.807) is 0 Å². The molecular formula is C20H24BN3O. The lowest BCUT2D eigenvalue weighted by Crippen LogP contribution is -2.48. The van der Waals surface area contributed by atoms with Gasteiger partial charge in [0.1, 0.15) is 7.85 Å². The van der Waals surface area contributed by atoms with Crippen LogP contribution in [0.5, 0.6) is 0 Å². The molecule has 1 aromatic carbocycles. The molecule has 1 aromatic heterocycles. The van der Waals surface area contributed by atoms with E-state index in [0.29, 0.717) is 0 Å². The molecule has 1 unspecified atom stereocenters. The van der Waals surface area contributed by atoms with Crippen molar-refractivity contribution < 1.29 is 4.79 Å². The van der Waals surface area contributed by atoms with Crippen LogP contribution in [0.25, 0.3) is 16.5 Å². The number of aromatic amines is 1. The van der Waals surface area contributed by atoms with Crippen molar-refractivity contribution in [3.05, 3.63) is 35.4 Å². The van der Waals surface area contributed by atoms with Gasteiger partial charge in [0.05, 0.1) is 5.92 Å². The average Bonchev–Trinajstić information content (AvgIpc) is 2.93. The highest BCUT2D eigenvalue weighted by Gasteiger charge is 2.36.